The summed E-state index contributed by atoms with van der Waals surface area (Å²) >= 11 is 0. The summed E-state index contributed by atoms with van der Waals surface area (Å²) in [7, 11) is -0.769. The number of aryl methyl sites for hydroxylation is 1. The molecule has 1 aromatic heterocycles. The molecule has 0 spiro atoms. The van der Waals surface area contributed by atoms with Crippen LogP contribution in [0.5, 0.6) is 11.5 Å². The van der Waals surface area contributed by atoms with Gasteiger partial charge in [-0.1, -0.05) is 0 Å². The Balaban J connectivity index is 2.23. The fourth-order valence-corrected chi connectivity index (χ4v) is 4.10. The molecule has 7 heteroatoms. The quantitative estimate of drug-likeness (QED) is 0.735. The van der Waals surface area contributed by atoms with Crippen LogP contribution in [0, 0.1) is 6.92 Å². The highest BCUT2D eigenvalue weighted by atomic mass is 32.2. The predicted molar refractivity (Wildman–Crippen MR) is 93.2 cm³/mol. The van der Waals surface area contributed by atoms with E-state index >= 15 is 0 Å². The summed E-state index contributed by atoms with van der Waals surface area (Å²) in [6, 6.07) is 9.77. The molecular weight excluding hydrogens is 328 g/mol. The number of hydrogen-bond donors (Lipinski definition) is 1. The SMILES string of the molecule is COc1ccc2c(C)cn(S(=O)(=O)c3ccc(OC)c(N)c3)c2c1. The van der Waals surface area contributed by atoms with Crippen molar-refractivity contribution >= 4 is 26.6 Å². The Hall–Kier alpha value is -2.67. The third kappa shape index (κ3) is 2.46. The molecule has 0 radical (unpaired) electrons. The van der Waals surface area contributed by atoms with Crippen LogP contribution in [0.1, 0.15) is 5.56 Å². The Kier molecular flexibility index (Phi) is 3.88. The molecule has 0 aliphatic rings. The number of benzene rings is 2. The van der Waals surface area contributed by atoms with Gasteiger partial charge in [0.15, 0.2) is 0 Å². The molecule has 0 bridgehead atoms. The average Bonchev–Trinajstić information content (AvgIpc) is 2.91. The number of nitrogen functional groups attached to an aromatic ring is 1. The zero-order valence-electron chi connectivity index (χ0n) is 13.6. The van der Waals surface area contributed by atoms with Crippen molar-refractivity contribution in [2.75, 3.05) is 20.0 Å². The summed E-state index contributed by atoms with van der Waals surface area (Å²) in [4.78, 5) is 0.0977. The molecule has 0 aliphatic heterocycles. The summed E-state index contributed by atoms with van der Waals surface area (Å²) in [5.74, 6) is 1.02. The van der Waals surface area contributed by atoms with Gasteiger partial charge in [-0.05, 0) is 42.8 Å². The van der Waals surface area contributed by atoms with Crippen molar-refractivity contribution in [1.29, 1.82) is 0 Å². The summed E-state index contributed by atoms with van der Waals surface area (Å²) < 4.78 is 37.6. The van der Waals surface area contributed by atoms with Crippen LogP contribution in [0.15, 0.2) is 47.5 Å². The molecule has 0 saturated heterocycles. The Morgan fingerprint density at radius 2 is 1.79 bits per heavy atom. The zero-order chi connectivity index (χ0) is 17.5. The van der Waals surface area contributed by atoms with E-state index in [2.05, 4.69) is 0 Å². The van der Waals surface area contributed by atoms with Crippen LogP contribution in [0.4, 0.5) is 5.69 Å². The summed E-state index contributed by atoms with van der Waals surface area (Å²) in [6.45, 7) is 1.86. The number of nitrogens with zero attached hydrogens (tertiary/aromatic N) is 1. The lowest BCUT2D eigenvalue weighted by Crippen LogP contribution is -2.12. The van der Waals surface area contributed by atoms with Gasteiger partial charge in [0.25, 0.3) is 10.0 Å². The second-order valence-electron chi connectivity index (χ2n) is 5.40. The van der Waals surface area contributed by atoms with Gasteiger partial charge in [0.2, 0.25) is 0 Å². The Morgan fingerprint density at radius 1 is 1.04 bits per heavy atom. The van der Waals surface area contributed by atoms with Crippen LogP contribution in [-0.4, -0.2) is 26.6 Å². The smallest absolute Gasteiger partial charge is 0.268 e. The first-order valence-electron chi connectivity index (χ1n) is 7.23. The second kappa shape index (κ2) is 5.76. The van der Waals surface area contributed by atoms with Gasteiger partial charge >= 0.3 is 0 Å². The van der Waals surface area contributed by atoms with E-state index in [1.54, 1.807) is 31.5 Å². The van der Waals surface area contributed by atoms with Gasteiger partial charge in [-0.3, -0.25) is 0 Å². The molecule has 0 saturated carbocycles. The van der Waals surface area contributed by atoms with Crippen LogP contribution >= 0.6 is 0 Å². The van der Waals surface area contributed by atoms with Crippen LogP contribution in [0.3, 0.4) is 0 Å². The van der Waals surface area contributed by atoms with E-state index in [0.29, 0.717) is 17.0 Å². The minimum atomic E-state index is -3.79. The van der Waals surface area contributed by atoms with Gasteiger partial charge in [0, 0.05) is 17.6 Å². The molecule has 0 unspecified atom stereocenters. The first kappa shape index (κ1) is 16.2. The number of aromatic nitrogens is 1. The average molecular weight is 346 g/mol. The van der Waals surface area contributed by atoms with Crippen LogP contribution in [0.2, 0.25) is 0 Å². The van der Waals surface area contributed by atoms with Gasteiger partial charge in [-0.15, -0.1) is 0 Å². The topological polar surface area (TPSA) is 83.5 Å². The van der Waals surface area contributed by atoms with E-state index in [1.807, 2.05) is 13.0 Å². The number of methoxy groups -OCH3 is 2. The minimum Gasteiger partial charge on any atom is -0.497 e. The molecule has 2 N–H and O–H groups in total. The second-order valence-corrected chi connectivity index (χ2v) is 7.21. The molecule has 24 heavy (non-hydrogen) atoms. The largest absolute Gasteiger partial charge is 0.497 e. The fourth-order valence-electron chi connectivity index (χ4n) is 2.65. The van der Waals surface area contributed by atoms with Gasteiger partial charge in [-0.2, -0.15) is 0 Å². The Labute approximate surface area is 140 Å². The van der Waals surface area contributed by atoms with E-state index in [9.17, 15) is 8.42 Å². The van der Waals surface area contributed by atoms with Crippen LogP contribution in [-0.2, 0) is 10.0 Å². The molecule has 1 heterocycles. The molecule has 0 atom stereocenters. The minimum absolute atomic E-state index is 0.0977. The number of ether oxygens (including phenoxy) is 2. The maximum Gasteiger partial charge on any atom is 0.268 e. The third-order valence-corrected chi connectivity index (χ3v) is 5.61. The summed E-state index contributed by atoms with van der Waals surface area (Å²) in [5, 5.41) is 0.848. The fraction of sp³-hybridized carbons (Fsp3) is 0.176. The molecule has 0 amide bonds. The Bertz CT molecular complexity index is 1020. The van der Waals surface area contributed by atoms with Crippen molar-refractivity contribution in [2.45, 2.75) is 11.8 Å². The van der Waals surface area contributed by atoms with Gasteiger partial charge in [0.05, 0.1) is 30.3 Å². The van der Waals surface area contributed by atoms with Crippen LogP contribution < -0.4 is 15.2 Å². The van der Waals surface area contributed by atoms with E-state index in [0.717, 1.165) is 10.9 Å². The van der Waals surface area contributed by atoms with Gasteiger partial charge in [-0.25, -0.2) is 12.4 Å². The van der Waals surface area contributed by atoms with Gasteiger partial charge < -0.3 is 15.2 Å². The molecule has 0 fully saturated rings. The van der Waals surface area contributed by atoms with E-state index in [-0.39, 0.29) is 10.6 Å². The molecule has 2 aromatic carbocycles. The number of rotatable bonds is 4. The first-order chi connectivity index (χ1) is 11.4. The highest BCUT2D eigenvalue weighted by Crippen LogP contribution is 2.31. The van der Waals surface area contributed by atoms with Crippen molar-refractivity contribution in [3.63, 3.8) is 0 Å². The molecule has 126 valence electrons. The lowest BCUT2D eigenvalue weighted by Gasteiger charge is -2.10. The lowest BCUT2D eigenvalue weighted by atomic mass is 10.2. The van der Waals surface area contributed by atoms with Crippen molar-refractivity contribution in [3.8, 4) is 11.5 Å². The lowest BCUT2D eigenvalue weighted by molar-refractivity contribution is 0.415. The summed E-state index contributed by atoms with van der Waals surface area (Å²) in [6.07, 6.45) is 1.60. The van der Waals surface area contributed by atoms with E-state index in [1.165, 1.54) is 23.2 Å². The third-order valence-electron chi connectivity index (χ3n) is 3.94. The molecule has 3 aromatic rings. The highest BCUT2D eigenvalue weighted by Gasteiger charge is 2.21. The zero-order valence-corrected chi connectivity index (χ0v) is 14.4. The van der Waals surface area contributed by atoms with E-state index in [4.69, 9.17) is 15.2 Å². The molecule has 6 nitrogen and oxygen atoms in total. The van der Waals surface area contributed by atoms with Crippen molar-refractivity contribution < 1.29 is 17.9 Å². The molecule has 0 aliphatic carbocycles. The van der Waals surface area contributed by atoms with E-state index < -0.39 is 10.0 Å². The highest BCUT2D eigenvalue weighted by molar-refractivity contribution is 7.90. The number of hydrogen-bond acceptors (Lipinski definition) is 5. The van der Waals surface area contributed by atoms with Crippen molar-refractivity contribution in [1.82, 2.24) is 3.97 Å². The number of nitrogens with two attached hydrogens (primary N) is 1. The Morgan fingerprint density at radius 3 is 2.42 bits per heavy atom. The monoisotopic (exact) mass is 346 g/mol. The molecular formula is C17H18N2O4S. The van der Waals surface area contributed by atoms with Crippen molar-refractivity contribution in [2.24, 2.45) is 0 Å². The number of fused-ring (bicyclic) bond motifs is 1. The summed E-state index contributed by atoms with van der Waals surface area (Å²) in [5.41, 5.74) is 7.54. The van der Waals surface area contributed by atoms with Gasteiger partial charge in [0.1, 0.15) is 11.5 Å². The first-order valence-corrected chi connectivity index (χ1v) is 8.67. The maximum absolute atomic E-state index is 13.0. The van der Waals surface area contributed by atoms with Crippen molar-refractivity contribution in [3.05, 3.63) is 48.2 Å². The number of anilines is 1. The van der Waals surface area contributed by atoms with Crippen LogP contribution in [0.25, 0.3) is 10.9 Å². The molecule has 3 rings (SSSR count). The normalized spacial score (nSPS) is 11.6. The standard InChI is InChI=1S/C17H18N2O4S/c1-11-10-19(16-8-12(22-2)4-6-14(11)16)24(20,21)13-5-7-17(23-3)15(18)9-13/h4-10H,18H2,1-3H3. The predicted octanol–water partition coefficient (Wildman–Crippen LogP) is 2.79. The maximum atomic E-state index is 13.0.